The molecule has 0 bridgehead atoms. The molecule has 0 radical (unpaired) electrons. The number of ether oxygens (including phenoxy) is 1. The maximum atomic E-state index is 12.0. The second kappa shape index (κ2) is 31.8. The molecule has 50 heavy (non-hydrogen) atoms. The van der Waals surface area contributed by atoms with Crippen LogP contribution in [0.1, 0.15) is 48.0 Å². The Morgan fingerprint density at radius 2 is 1.70 bits per heavy atom. The molecule has 1 aliphatic rings. The summed E-state index contributed by atoms with van der Waals surface area (Å²) in [7, 11) is 0. The number of carbonyl (C=O) groups excluding carboxylic acids is 2. The second-order valence-electron chi connectivity index (χ2n) is 7.91. The van der Waals surface area contributed by atoms with Crippen LogP contribution in [-0.4, -0.2) is 53.5 Å². The standard InChI is InChI=1S/C15H20N4O6.C15H4.H2N4O6.8H2/c20-14(16-6-10-25-19(22)23)13-5-4-7-17(11-13)12-24-15(21)18-8-2-1-3-9-18;1-3-5-7-9-11-13-15-14-12-10-8-6-4-2;1-2-3-4-6-8-10-9-7-5;;;;;;;;/h4-5,7,11H,1-3,6,8-10,12H2;1H,2H3;1,5H;8*1H/p+2/b;;2-1?,4-3+;;;;;;;;. The molecule has 0 aromatic carbocycles. The number of nitrogens with zero attached hydrogens (tertiary/aromatic N) is 6. The van der Waals surface area contributed by atoms with Crippen LogP contribution in [0.2, 0.25) is 0 Å². The van der Waals surface area contributed by atoms with E-state index in [2.05, 4.69) is 128 Å². The molecule has 1 fully saturated rings. The van der Waals surface area contributed by atoms with E-state index in [1.165, 1.54) is 6.20 Å². The summed E-state index contributed by atoms with van der Waals surface area (Å²) in [6.07, 6.45) is 10.8. The Hall–Kier alpha value is -7.19. The number of hydrogen-bond donors (Lipinski definition) is 2. The number of amides is 2. The van der Waals surface area contributed by atoms with E-state index in [-0.39, 0.29) is 37.4 Å². The number of nitrogens with one attached hydrogen (secondary N) is 2. The van der Waals surface area contributed by atoms with E-state index in [1.54, 1.807) is 34.7 Å². The summed E-state index contributed by atoms with van der Waals surface area (Å²) in [6.45, 7) is 2.91. The fourth-order valence-electron chi connectivity index (χ4n) is 2.89. The van der Waals surface area contributed by atoms with Gasteiger partial charge in [0.15, 0.2) is 12.4 Å². The van der Waals surface area contributed by atoms with E-state index >= 15 is 0 Å². The van der Waals surface area contributed by atoms with Crippen molar-refractivity contribution in [1.29, 1.82) is 5.53 Å². The van der Waals surface area contributed by atoms with Gasteiger partial charge >= 0.3 is 6.09 Å². The molecule has 0 spiro atoms. The first-order chi connectivity index (χ1) is 24.4. The first-order valence-corrected chi connectivity index (χ1v) is 13.5. The highest BCUT2D eigenvalue weighted by Gasteiger charge is 2.19. The van der Waals surface area contributed by atoms with Crippen molar-refractivity contribution in [1.82, 2.24) is 10.2 Å². The molecule has 2 amide bonds. The SMILES string of the molecule is C#CC#CC#CC#CC#CC#CC#CC.N=N/N=N/OOOOO[OH2+].O=C(NCCO[N+](=O)[O-])c1ccc[n+](COC(=O)N2CCCCC2)c1.[HH].[HH].[HH].[HH].[HH].[HH].[HH].[HH]. The van der Waals surface area contributed by atoms with Crippen molar-refractivity contribution >= 4 is 12.0 Å². The van der Waals surface area contributed by atoms with Gasteiger partial charge in [0.2, 0.25) is 0 Å². The minimum Gasteiger partial charge on any atom is -0.388 e. The maximum absolute atomic E-state index is 12.0. The van der Waals surface area contributed by atoms with Gasteiger partial charge in [-0.15, -0.1) is 16.5 Å². The summed E-state index contributed by atoms with van der Waals surface area (Å²) >= 11 is 0. The largest absolute Gasteiger partial charge is 0.414 e. The van der Waals surface area contributed by atoms with Gasteiger partial charge in [-0.2, -0.15) is 15.1 Å². The number of carbonyl (C=O) groups is 2. The molecule has 20 heteroatoms. The minimum atomic E-state index is -0.917. The summed E-state index contributed by atoms with van der Waals surface area (Å²) < 4.78 is 6.82. The summed E-state index contributed by atoms with van der Waals surface area (Å²) in [5.74, 6) is 31.5. The molecule has 0 saturated carbocycles. The number of likely N-dealkylation sites (tertiary alicyclic amines) is 1. The van der Waals surface area contributed by atoms with E-state index in [1.807, 2.05) is 0 Å². The molecular weight excluding hydrogens is 664 g/mol. The van der Waals surface area contributed by atoms with Crippen LogP contribution in [0.25, 0.3) is 0 Å². The molecule has 0 atom stereocenters. The van der Waals surface area contributed by atoms with Gasteiger partial charge in [0.25, 0.3) is 17.7 Å². The Balaban J connectivity index is -0.0000000911. The Morgan fingerprint density at radius 3 is 2.28 bits per heavy atom. The molecular formula is C30H44N8O12+2. The highest BCUT2D eigenvalue weighted by atomic mass is 17.8. The van der Waals surface area contributed by atoms with Gasteiger partial charge in [-0.25, -0.2) is 10.1 Å². The molecule has 0 unspecified atom stereocenters. The lowest BCUT2D eigenvalue weighted by atomic mass is 10.1. The Kier molecular flexibility index (Phi) is 27.2. The van der Waals surface area contributed by atoms with E-state index in [9.17, 15) is 19.7 Å². The van der Waals surface area contributed by atoms with Crippen molar-refractivity contribution in [2.45, 2.75) is 32.9 Å². The predicted octanol–water partition coefficient (Wildman–Crippen LogP) is 2.80. The quantitative estimate of drug-likeness (QED) is 0.0441. The lowest BCUT2D eigenvalue weighted by molar-refractivity contribution is -0.757. The zero-order valence-corrected chi connectivity index (χ0v) is 26.2. The van der Waals surface area contributed by atoms with Gasteiger partial charge in [0.05, 0.1) is 5.28 Å². The Labute approximate surface area is 297 Å². The molecule has 2 rings (SSSR count). The van der Waals surface area contributed by atoms with Crippen molar-refractivity contribution in [3.63, 3.8) is 0 Å². The number of aromatic nitrogens is 1. The average molecular weight is 709 g/mol. The molecule has 1 saturated heterocycles. The third-order valence-corrected chi connectivity index (χ3v) is 4.71. The van der Waals surface area contributed by atoms with Crippen molar-refractivity contribution in [3.05, 3.63) is 40.2 Å². The van der Waals surface area contributed by atoms with Gasteiger partial charge in [0.1, 0.15) is 17.2 Å². The van der Waals surface area contributed by atoms with Crippen LogP contribution in [0.15, 0.2) is 40.3 Å². The first-order valence-electron chi connectivity index (χ1n) is 13.5. The third-order valence-electron chi connectivity index (χ3n) is 4.71. The molecule has 0 aliphatic carbocycles. The van der Waals surface area contributed by atoms with Crippen LogP contribution in [0.4, 0.5) is 4.79 Å². The molecule has 1 aliphatic heterocycles. The Morgan fingerprint density at radius 1 is 1.06 bits per heavy atom. The van der Waals surface area contributed by atoms with Crippen molar-refractivity contribution in [2.24, 2.45) is 15.7 Å². The maximum Gasteiger partial charge on any atom is 0.414 e. The van der Waals surface area contributed by atoms with E-state index < -0.39 is 11.0 Å². The number of rotatable bonds is 13. The van der Waals surface area contributed by atoms with E-state index in [4.69, 9.17) is 21.9 Å². The topological polar surface area (TPSA) is 245 Å². The summed E-state index contributed by atoms with van der Waals surface area (Å²) in [6, 6.07) is 3.24. The van der Waals surface area contributed by atoms with Gasteiger partial charge in [-0.1, -0.05) is 5.92 Å². The number of hydrogen-bond acceptors (Lipinski definition) is 13. The van der Waals surface area contributed by atoms with Gasteiger partial charge in [0, 0.05) is 57.5 Å². The van der Waals surface area contributed by atoms with Gasteiger partial charge < -0.3 is 19.8 Å². The highest BCUT2D eigenvalue weighted by molar-refractivity contribution is 5.93. The fraction of sp³-hybridized carbons (Fsp3) is 0.300. The average Bonchev–Trinajstić information content (AvgIpc) is 3.13. The van der Waals surface area contributed by atoms with Crippen molar-refractivity contribution < 1.29 is 70.6 Å². The lowest BCUT2D eigenvalue weighted by Gasteiger charge is -2.25. The van der Waals surface area contributed by atoms with Crippen LogP contribution < -0.4 is 9.88 Å². The predicted molar refractivity (Wildman–Crippen MR) is 181 cm³/mol. The smallest absolute Gasteiger partial charge is 0.388 e. The van der Waals surface area contributed by atoms with Gasteiger partial charge in [-0.05, 0) is 109 Å². The van der Waals surface area contributed by atoms with Crippen LogP contribution in [0.3, 0.4) is 0 Å². The first kappa shape index (κ1) is 42.8. The zero-order valence-electron chi connectivity index (χ0n) is 26.2. The van der Waals surface area contributed by atoms with Crippen molar-refractivity contribution in [3.8, 4) is 83.4 Å². The molecule has 20 nitrogen and oxygen atoms in total. The molecule has 274 valence electrons. The number of pyridine rings is 1. The van der Waals surface area contributed by atoms with Gasteiger partial charge in [-0.3, -0.25) is 4.79 Å². The normalized spacial score (nSPS) is 10.1. The fourth-order valence-corrected chi connectivity index (χ4v) is 2.89. The minimum absolute atomic E-state index is 0. The molecule has 1 aromatic heterocycles. The molecule has 1 aromatic rings. The monoisotopic (exact) mass is 708 g/mol. The zero-order chi connectivity index (χ0) is 36.9. The van der Waals surface area contributed by atoms with E-state index in [0.29, 0.717) is 18.7 Å². The highest BCUT2D eigenvalue weighted by Crippen LogP contribution is 2.09. The second-order valence-corrected chi connectivity index (χ2v) is 7.91. The third kappa shape index (κ3) is 26.1. The van der Waals surface area contributed by atoms with E-state index in [0.717, 1.165) is 19.3 Å². The van der Waals surface area contributed by atoms with Crippen molar-refractivity contribution in [2.75, 3.05) is 26.2 Å². The molecule has 4 N–H and O–H groups in total. The van der Waals surface area contributed by atoms with Crippen LogP contribution in [0, 0.1) is 99.0 Å². The summed E-state index contributed by atoms with van der Waals surface area (Å²) in [4.78, 5) is 43.3. The van der Waals surface area contributed by atoms with Crippen LogP contribution >= 0.6 is 0 Å². The number of terminal acetylenes is 1. The summed E-state index contributed by atoms with van der Waals surface area (Å²) in [5.41, 5.74) is 6.37. The Bertz CT molecular complexity index is 1740. The lowest BCUT2D eigenvalue weighted by Crippen LogP contribution is -2.42. The molecule has 2 heterocycles. The van der Waals surface area contributed by atoms with Crippen LogP contribution in [-0.2, 0) is 41.4 Å². The summed E-state index contributed by atoms with van der Waals surface area (Å²) in [5, 5.41) is 38.5. The number of piperidine rings is 1. The van der Waals surface area contributed by atoms with Crippen LogP contribution in [0.5, 0.6) is 0 Å².